The molecule has 6 heteroatoms. The molecule has 0 aliphatic carbocycles. The van der Waals surface area contributed by atoms with E-state index >= 15 is 0 Å². The zero-order valence-corrected chi connectivity index (χ0v) is 18.1. The van der Waals surface area contributed by atoms with E-state index in [1.54, 1.807) is 11.3 Å². The van der Waals surface area contributed by atoms with Crippen molar-refractivity contribution in [1.29, 1.82) is 0 Å². The zero-order chi connectivity index (χ0) is 20.1. The second-order valence-electron chi connectivity index (χ2n) is 8.05. The number of hydrogen-bond acceptors (Lipinski definition) is 5. The summed E-state index contributed by atoms with van der Waals surface area (Å²) in [5.41, 5.74) is 3.34. The van der Waals surface area contributed by atoms with Crippen molar-refractivity contribution >= 4 is 17.2 Å². The fourth-order valence-corrected chi connectivity index (χ4v) is 5.17. The summed E-state index contributed by atoms with van der Waals surface area (Å²) in [6.07, 6.45) is 4.97. The first-order valence-corrected chi connectivity index (χ1v) is 11.7. The number of aromatic nitrogens is 1. The lowest BCUT2D eigenvalue weighted by Gasteiger charge is -2.35. The van der Waals surface area contributed by atoms with Gasteiger partial charge in [-0.3, -0.25) is 9.69 Å². The van der Waals surface area contributed by atoms with Crippen LogP contribution >= 0.6 is 11.3 Å². The van der Waals surface area contributed by atoms with Crippen molar-refractivity contribution < 1.29 is 9.53 Å². The molecule has 5 nitrogen and oxygen atoms in total. The maximum Gasteiger partial charge on any atom is 0.228 e. The third kappa shape index (κ3) is 5.24. The van der Waals surface area contributed by atoms with Crippen LogP contribution in [0.1, 0.15) is 43.9 Å². The summed E-state index contributed by atoms with van der Waals surface area (Å²) < 4.78 is 5.44. The van der Waals surface area contributed by atoms with E-state index in [1.165, 1.54) is 12.0 Å². The molecule has 0 saturated carbocycles. The van der Waals surface area contributed by atoms with Gasteiger partial charge in [0.1, 0.15) is 5.01 Å². The Morgan fingerprint density at radius 3 is 2.93 bits per heavy atom. The number of carbonyl (C=O) groups is 1. The van der Waals surface area contributed by atoms with E-state index in [-0.39, 0.29) is 5.91 Å². The summed E-state index contributed by atoms with van der Waals surface area (Å²) in [4.78, 5) is 22.1. The van der Waals surface area contributed by atoms with E-state index in [1.807, 2.05) is 5.38 Å². The van der Waals surface area contributed by atoms with Crippen molar-refractivity contribution in [2.24, 2.45) is 0 Å². The molecule has 1 amide bonds. The molecule has 2 aromatic rings. The summed E-state index contributed by atoms with van der Waals surface area (Å²) in [7, 11) is 0. The lowest BCUT2D eigenvalue weighted by molar-refractivity contribution is -0.134. The van der Waals surface area contributed by atoms with Gasteiger partial charge >= 0.3 is 0 Å². The number of rotatable bonds is 6. The highest BCUT2D eigenvalue weighted by atomic mass is 32.1. The van der Waals surface area contributed by atoms with E-state index in [4.69, 9.17) is 9.72 Å². The lowest BCUT2D eigenvalue weighted by atomic mass is 9.99. The van der Waals surface area contributed by atoms with Gasteiger partial charge in [-0.05, 0) is 37.3 Å². The molecular weight excluding hydrogens is 382 g/mol. The van der Waals surface area contributed by atoms with Crippen molar-refractivity contribution in [2.75, 3.05) is 32.8 Å². The molecule has 0 radical (unpaired) electrons. The van der Waals surface area contributed by atoms with Gasteiger partial charge in [0.05, 0.1) is 25.3 Å². The molecule has 0 spiro atoms. The van der Waals surface area contributed by atoms with E-state index in [0.29, 0.717) is 12.5 Å². The van der Waals surface area contributed by atoms with Crippen LogP contribution < -0.4 is 0 Å². The number of piperidine rings is 1. The van der Waals surface area contributed by atoms with Crippen LogP contribution in [0.4, 0.5) is 0 Å². The maximum absolute atomic E-state index is 12.8. The van der Waals surface area contributed by atoms with E-state index in [9.17, 15) is 4.79 Å². The molecule has 1 aromatic carbocycles. The number of ether oxygens (including phenoxy) is 1. The summed E-state index contributed by atoms with van der Waals surface area (Å²) in [5, 5.41) is 3.05. The Balaban J connectivity index is 1.40. The number of carbonyl (C=O) groups excluding carboxylic acids is 1. The molecule has 2 fully saturated rings. The van der Waals surface area contributed by atoms with Gasteiger partial charge in [-0.2, -0.15) is 0 Å². The van der Waals surface area contributed by atoms with Gasteiger partial charge in [-0.25, -0.2) is 4.98 Å². The first-order chi connectivity index (χ1) is 14.2. The minimum Gasteiger partial charge on any atom is -0.379 e. The van der Waals surface area contributed by atoms with Crippen LogP contribution in [-0.4, -0.2) is 59.6 Å². The lowest BCUT2D eigenvalue weighted by Crippen LogP contribution is -2.44. The predicted octanol–water partition coefficient (Wildman–Crippen LogP) is 3.98. The summed E-state index contributed by atoms with van der Waals surface area (Å²) in [6, 6.07) is 9.05. The van der Waals surface area contributed by atoms with E-state index < -0.39 is 0 Å². The highest BCUT2D eigenvalue weighted by Gasteiger charge is 2.25. The Morgan fingerprint density at radius 1 is 1.24 bits per heavy atom. The molecule has 3 heterocycles. The van der Waals surface area contributed by atoms with Crippen molar-refractivity contribution in [2.45, 2.75) is 51.6 Å². The van der Waals surface area contributed by atoms with Gasteiger partial charge in [-0.1, -0.05) is 25.1 Å². The number of hydrogen-bond donors (Lipinski definition) is 0. The number of amides is 1. The van der Waals surface area contributed by atoms with Gasteiger partial charge in [0.15, 0.2) is 0 Å². The number of likely N-dealkylation sites (tertiary alicyclic amines) is 1. The molecule has 4 rings (SSSR count). The summed E-state index contributed by atoms with van der Waals surface area (Å²) in [6.45, 7) is 7.64. The molecule has 0 bridgehead atoms. The standard InChI is InChI=1S/C23H31N3O2S/c1-2-21-8-3-4-9-26(21)22(27)15-20-17-29-23(24-20)19-7-5-6-18(14-19)16-25-10-12-28-13-11-25/h5-7,14,17,21H,2-4,8-13,15-16H2,1H3. The monoisotopic (exact) mass is 413 g/mol. The predicted molar refractivity (Wildman–Crippen MR) is 117 cm³/mol. The highest BCUT2D eigenvalue weighted by molar-refractivity contribution is 7.13. The Kier molecular flexibility index (Phi) is 6.95. The molecule has 1 atom stereocenters. The molecule has 29 heavy (non-hydrogen) atoms. The number of morpholine rings is 1. The van der Waals surface area contributed by atoms with Crippen LogP contribution in [0.2, 0.25) is 0 Å². The van der Waals surface area contributed by atoms with Crippen molar-refractivity contribution in [3.63, 3.8) is 0 Å². The fraction of sp³-hybridized carbons (Fsp3) is 0.565. The average molecular weight is 414 g/mol. The normalized spacial score (nSPS) is 20.7. The fourth-order valence-electron chi connectivity index (χ4n) is 4.35. The molecule has 2 saturated heterocycles. The van der Waals surface area contributed by atoms with Crippen LogP contribution in [0, 0.1) is 0 Å². The van der Waals surface area contributed by atoms with E-state index in [2.05, 4.69) is 41.0 Å². The van der Waals surface area contributed by atoms with Crippen LogP contribution in [0.25, 0.3) is 10.6 Å². The topological polar surface area (TPSA) is 45.7 Å². The van der Waals surface area contributed by atoms with Crippen molar-refractivity contribution in [3.05, 3.63) is 40.9 Å². The first-order valence-electron chi connectivity index (χ1n) is 10.9. The van der Waals surface area contributed by atoms with Gasteiger partial charge in [-0.15, -0.1) is 11.3 Å². The van der Waals surface area contributed by atoms with Crippen molar-refractivity contribution in [3.8, 4) is 10.6 Å². The quantitative estimate of drug-likeness (QED) is 0.719. The third-order valence-electron chi connectivity index (χ3n) is 5.99. The Bertz CT molecular complexity index is 816. The maximum atomic E-state index is 12.8. The molecule has 2 aliphatic heterocycles. The Labute approximate surface area is 177 Å². The molecule has 1 aromatic heterocycles. The van der Waals surface area contributed by atoms with Gasteiger partial charge in [0.25, 0.3) is 0 Å². The molecular formula is C23H31N3O2S. The second kappa shape index (κ2) is 9.83. The van der Waals surface area contributed by atoms with Gasteiger partial charge in [0.2, 0.25) is 5.91 Å². The van der Waals surface area contributed by atoms with Crippen LogP contribution in [-0.2, 0) is 22.5 Å². The van der Waals surface area contributed by atoms with Crippen LogP contribution in [0.3, 0.4) is 0 Å². The second-order valence-corrected chi connectivity index (χ2v) is 8.91. The number of nitrogens with zero attached hydrogens (tertiary/aromatic N) is 3. The average Bonchev–Trinajstić information content (AvgIpc) is 3.23. The molecule has 0 N–H and O–H groups in total. The molecule has 1 unspecified atom stereocenters. The number of thiazole rings is 1. The molecule has 156 valence electrons. The van der Waals surface area contributed by atoms with Crippen molar-refractivity contribution in [1.82, 2.24) is 14.8 Å². The van der Waals surface area contributed by atoms with Crippen LogP contribution in [0.15, 0.2) is 29.6 Å². The minimum absolute atomic E-state index is 0.231. The zero-order valence-electron chi connectivity index (χ0n) is 17.3. The number of benzene rings is 1. The minimum atomic E-state index is 0.231. The summed E-state index contributed by atoms with van der Waals surface area (Å²) >= 11 is 1.64. The van der Waals surface area contributed by atoms with Gasteiger partial charge < -0.3 is 9.64 Å². The molecule has 2 aliphatic rings. The van der Waals surface area contributed by atoms with Crippen LogP contribution in [0.5, 0.6) is 0 Å². The Hall–Kier alpha value is -1.76. The first kappa shape index (κ1) is 20.5. The smallest absolute Gasteiger partial charge is 0.228 e. The SMILES string of the molecule is CCC1CCCCN1C(=O)Cc1csc(-c2cccc(CN3CCOCC3)c2)n1. The summed E-state index contributed by atoms with van der Waals surface area (Å²) in [5.74, 6) is 0.231. The largest absolute Gasteiger partial charge is 0.379 e. The highest BCUT2D eigenvalue weighted by Crippen LogP contribution is 2.26. The third-order valence-corrected chi connectivity index (χ3v) is 6.93. The van der Waals surface area contributed by atoms with Gasteiger partial charge in [0, 0.05) is 43.2 Å². The van der Waals surface area contributed by atoms with E-state index in [0.717, 1.165) is 74.9 Å². The Morgan fingerprint density at radius 2 is 2.10 bits per heavy atom.